The molecule has 0 spiro atoms. The summed E-state index contributed by atoms with van der Waals surface area (Å²) in [7, 11) is 3.05. The lowest BCUT2D eigenvalue weighted by Gasteiger charge is -2.11. The molecule has 7 nitrogen and oxygen atoms in total. The van der Waals surface area contributed by atoms with Crippen LogP contribution in [0.1, 0.15) is 0 Å². The number of anilines is 1. The first-order valence-corrected chi connectivity index (χ1v) is 8.24. The summed E-state index contributed by atoms with van der Waals surface area (Å²) in [6.45, 7) is -0.144. The van der Waals surface area contributed by atoms with Crippen LogP contribution in [-0.2, 0) is 11.3 Å². The number of ether oxygens (including phenoxy) is 2. The number of carbonyl (C=O) groups is 1. The Morgan fingerprint density at radius 3 is 2.44 bits per heavy atom. The molecule has 3 rings (SSSR count). The zero-order chi connectivity index (χ0) is 19.2. The zero-order valence-electron chi connectivity index (χ0n) is 15.0. The van der Waals surface area contributed by atoms with Crippen LogP contribution in [0.3, 0.4) is 0 Å². The summed E-state index contributed by atoms with van der Waals surface area (Å²) < 4.78 is 11.6. The van der Waals surface area contributed by atoms with Crippen molar-refractivity contribution in [3.8, 4) is 22.8 Å². The van der Waals surface area contributed by atoms with E-state index in [0.29, 0.717) is 22.9 Å². The average molecular weight is 365 g/mol. The van der Waals surface area contributed by atoms with Gasteiger partial charge in [0.1, 0.15) is 6.54 Å². The summed E-state index contributed by atoms with van der Waals surface area (Å²) in [5, 5.41) is 2.73. The summed E-state index contributed by atoms with van der Waals surface area (Å²) in [6, 6.07) is 15.8. The first-order chi connectivity index (χ1) is 13.1. The number of benzene rings is 2. The summed E-state index contributed by atoms with van der Waals surface area (Å²) >= 11 is 0. The van der Waals surface area contributed by atoms with Crippen LogP contribution in [0.2, 0.25) is 0 Å². The Bertz CT molecular complexity index is 1000. The topological polar surface area (TPSA) is 82.5 Å². The highest BCUT2D eigenvalue weighted by Gasteiger charge is 2.10. The lowest BCUT2D eigenvalue weighted by molar-refractivity contribution is -0.116. The molecule has 0 radical (unpaired) electrons. The third-order valence-corrected chi connectivity index (χ3v) is 3.93. The fourth-order valence-electron chi connectivity index (χ4n) is 2.58. The number of carbonyl (C=O) groups excluding carboxylic acids is 1. The highest BCUT2D eigenvalue weighted by molar-refractivity contribution is 5.90. The Morgan fingerprint density at radius 2 is 1.78 bits per heavy atom. The van der Waals surface area contributed by atoms with E-state index in [1.165, 1.54) is 31.2 Å². The minimum Gasteiger partial charge on any atom is -0.493 e. The van der Waals surface area contributed by atoms with Crippen molar-refractivity contribution in [3.05, 3.63) is 71.3 Å². The van der Waals surface area contributed by atoms with E-state index in [1.807, 2.05) is 30.3 Å². The quantitative estimate of drug-likeness (QED) is 0.726. The molecule has 3 aromatic rings. The molecule has 1 heterocycles. The Balaban J connectivity index is 1.72. The molecule has 27 heavy (non-hydrogen) atoms. The van der Waals surface area contributed by atoms with E-state index < -0.39 is 0 Å². The van der Waals surface area contributed by atoms with Crippen molar-refractivity contribution >= 4 is 11.6 Å². The van der Waals surface area contributed by atoms with E-state index in [-0.39, 0.29) is 18.0 Å². The largest absolute Gasteiger partial charge is 0.493 e. The number of amides is 1. The molecule has 0 fully saturated rings. The Morgan fingerprint density at radius 1 is 1.04 bits per heavy atom. The maximum Gasteiger partial charge on any atom is 0.254 e. The first-order valence-electron chi connectivity index (χ1n) is 8.24. The van der Waals surface area contributed by atoms with E-state index in [1.54, 1.807) is 18.2 Å². The minimum atomic E-state index is -0.349. The van der Waals surface area contributed by atoms with Crippen LogP contribution in [-0.4, -0.2) is 29.7 Å². The number of hydrogen-bond donors (Lipinski definition) is 1. The van der Waals surface area contributed by atoms with Crippen LogP contribution in [0.25, 0.3) is 11.3 Å². The SMILES string of the molecule is COc1ccc(NC(=O)Cn2cnc(-c3ccccc3)cc2=O)cc1OC. The molecule has 0 unspecified atom stereocenters. The molecule has 1 amide bonds. The summed E-state index contributed by atoms with van der Waals surface area (Å²) in [5.74, 6) is 0.715. The molecule has 0 saturated carbocycles. The van der Waals surface area contributed by atoms with Crippen LogP contribution in [0.5, 0.6) is 11.5 Å². The van der Waals surface area contributed by atoms with Gasteiger partial charge in [0, 0.05) is 23.4 Å². The molecule has 138 valence electrons. The van der Waals surface area contributed by atoms with Gasteiger partial charge in [0.2, 0.25) is 5.91 Å². The van der Waals surface area contributed by atoms with Gasteiger partial charge >= 0.3 is 0 Å². The van der Waals surface area contributed by atoms with Gasteiger partial charge in [-0.25, -0.2) is 4.98 Å². The maximum atomic E-state index is 12.3. The first kappa shape index (κ1) is 18.2. The van der Waals surface area contributed by atoms with Gasteiger partial charge in [-0.05, 0) is 12.1 Å². The lowest BCUT2D eigenvalue weighted by atomic mass is 10.1. The minimum absolute atomic E-state index is 0.144. The number of aromatic nitrogens is 2. The van der Waals surface area contributed by atoms with Gasteiger partial charge in [0.25, 0.3) is 5.56 Å². The molecule has 0 aliphatic carbocycles. The fourth-order valence-corrected chi connectivity index (χ4v) is 2.58. The predicted octanol–water partition coefficient (Wildman–Crippen LogP) is 2.57. The fraction of sp³-hybridized carbons (Fsp3) is 0.150. The highest BCUT2D eigenvalue weighted by atomic mass is 16.5. The summed E-state index contributed by atoms with van der Waals surface area (Å²) in [6.07, 6.45) is 1.37. The summed E-state index contributed by atoms with van der Waals surface area (Å²) in [4.78, 5) is 28.8. The monoisotopic (exact) mass is 365 g/mol. The number of nitrogens with zero attached hydrogens (tertiary/aromatic N) is 2. The highest BCUT2D eigenvalue weighted by Crippen LogP contribution is 2.29. The molecule has 0 atom stereocenters. The summed E-state index contributed by atoms with van der Waals surface area (Å²) in [5.41, 5.74) is 1.65. The Labute approximate surface area is 156 Å². The predicted molar refractivity (Wildman–Crippen MR) is 102 cm³/mol. The van der Waals surface area contributed by atoms with Gasteiger partial charge in [-0.15, -0.1) is 0 Å². The second-order valence-electron chi connectivity index (χ2n) is 5.72. The van der Waals surface area contributed by atoms with Crippen molar-refractivity contribution < 1.29 is 14.3 Å². The lowest BCUT2D eigenvalue weighted by Crippen LogP contribution is -2.27. The van der Waals surface area contributed by atoms with Gasteiger partial charge in [0.15, 0.2) is 11.5 Å². The van der Waals surface area contributed by atoms with Crippen molar-refractivity contribution in [1.29, 1.82) is 0 Å². The molecule has 0 aliphatic rings. The van der Waals surface area contributed by atoms with Crippen molar-refractivity contribution in [2.45, 2.75) is 6.54 Å². The van der Waals surface area contributed by atoms with Gasteiger partial charge in [0.05, 0.1) is 26.2 Å². The smallest absolute Gasteiger partial charge is 0.254 e. The number of nitrogens with one attached hydrogen (secondary N) is 1. The van der Waals surface area contributed by atoms with Gasteiger partial charge < -0.3 is 14.8 Å². The van der Waals surface area contributed by atoms with Crippen LogP contribution < -0.4 is 20.3 Å². The second-order valence-corrected chi connectivity index (χ2v) is 5.72. The maximum absolute atomic E-state index is 12.3. The van der Waals surface area contributed by atoms with Crippen LogP contribution in [0, 0.1) is 0 Å². The second kappa shape index (κ2) is 8.18. The van der Waals surface area contributed by atoms with Crippen molar-refractivity contribution in [1.82, 2.24) is 9.55 Å². The molecule has 0 aliphatic heterocycles. The molecule has 0 bridgehead atoms. The number of rotatable bonds is 6. The molecule has 0 saturated heterocycles. The van der Waals surface area contributed by atoms with Crippen LogP contribution in [0.15, 0.2) is 65.7 Å². The third-order valence-electron chi connectivity index (χ3n) is 3.93. The number of methoxy groups -OCH3 is 2. The van der Waals surface area contributed by atoms with Crippen molar-refractivity contribution in [2.24, 2.45) is 0 Å². The van der Waals surface area contributed by atoms with Gasteiger partial charge in [-0.1, -0.05) is 30.3 Å². The standard InChI is InChI=1S/C20H19N3O4/c1-26-17-9-8-15(10-18(17)27-2)22-19(24)12-23-13-21-16(11-20(23)25)14-6-4-3-5-7-14/h3-11,13H,12H2,1-2H3,(H,22,24). The molecular formula is C20H19N3O4. The Hall–Kier alpha value is -3.61. The molecule has 1 aromatic heterocycles. The molecule has 1 N–H and O–H groups in total. The molecule has 7 heteroatoms. The van der Waals surface area contributed by atoms with E-state index in [4.69, 9.17) is 9.47 Å². The van der Waals surface area contributed by atoms with Gasteiger partial charge in [-0.2, -0.15) is 0 Å². The van der Waals surface area contributed by atoms with Crippen LogP contribution in [0.4, 0.5) is 5.69 Å². The molecular weight excluding hydrogens is 346 g/mol. The third kappa shape index (κ3) is 4.33. The van der Waals surface area contributed by atoms with E-state index in [0.717, 1.165) is 5.56 Å². The Kier molecular flexibility index (Phi) is 5.51. The molecule has 2 aromatic carbocycles. The van der Waals surface area contributed by atoms with Gasteiger partial charge in [-0.3, -0.25) is 14.2 Å². The normalized spacial score (nSPS) is 10.3. The van der Waals surface area contributed by atoms with Crippen LogP contribution >= 0.6 is 0 Å². The number of hydrogen-bond acceptors (Lipinski definition) is 5. The van der Waals surface area contributed by atoms with E-state index in [9.17, 15) is 9.59 Å². The average Bonchev–Trinajstić information content (AvgIpc) is 2.70. The van der Waals surface area contributed by atoms with Crippen molar-refractivity contribution in [2.75, 3.05) is 19.5 Å². The van der Waals surface area contributed by atoms with Crippen molar-refractivity contribution in [3.63, 3.8) is 0 Å². The van der Waals surface area contributed by atoms with E-state index >= 15 is 0 Å². The zero-order valence-corrected chi connectivity index (χ0v) is 15.0. The van der Waals surface area contributed by atoms with E-state index in [2.05, 4.69) is 10.3 Å².